The molecule has 1 aromatic carbocycles. The van der Waals surface area contributed by atoms with Crippen molar-refractivity contribution in [2.24, 2.45) is 0 Å². The second-order valence-corrected chi connectivity index (χ2v) is 6.05. The first-order valence-corrected chi connectivity index (χ1v) is 7.99. The number of furan rings is 1. The number of rotatable bonds is 3. The molecule has 0 radical (unpaired) electrons. The Kier molecular flexibility index (Phi) is 3.41. The predicted octanol–water partition coefficient (Wildman–Crippen LogP) is 2.44. The largest absolute Gasteiger partial charge is 0.467 e. The minimum atomic E-state index is -0.102. The Bertz CT molecular complexity index is 748. The summed E-state index contributed by atoms with van der Waals surface area (Å²) in [6, 6.07) is 7.50. The van der Waals surface area contributed by atoms with Gasteiger partial charge in [0.2, 0.25) is 5.91 Å². The van der Waals surface area contributed by atoms with E-state index in [4.69, 9.17) is 4.42 Å². The van der Waals surface area contributed by atoms with Crippen molar-refractivity contribution in [1.29, 1.82) is 0 Å². The molecule has 5 nitrogen and oxygen atoms in total. The van der Waals surface area contributed by atoms with E-state index in [-0.39, 0.29) is 11.8 Å². The van der Waals surface area contributed by atoms with E-state index in [0.717, 1.165) is 48.4 Å². The van der Waals surface area contributed by atoms with Gasteiger partial charge in [0.1, 0.15) is 5.76 Å². The number of amides is 2. The molecular weight excluding hydrogens is 292 g/mol. The third-order valence-electron chi connectivity index (χ3n) is 4.54. The van der Waals surface area contributed by atoms with Crippen LogP contribution in [-0.2, 0) is 24.2 Å². The van der Waals surface area contributed by atoms with Crippen LogP contribution in [0, 0.1) is 0 Å². The Labute approximate surface area is 134 Å². The Morgan fingerprint density at radius 2 is 2.04 bits per heavy atom. The third kappa shape index (κ3) is 2.52. The molecule has 0 saturated heterocycles. The molecule has 118 valence electrons. The molecule has 0 saturated carbocycles. The molecule has 1 aromatic heterocycles. The lowest BCUT2D eigenvalue weighted by Gasteiger charge is -2.35. The van der Waals surface area contributed by atoms with Crippen LogP contribution in [0.25, 0.3) is 0 Å². The van der Waals surface area contributed by atoms with Crippen molar-refractivity contribution >= 4 is 17.5 Å². The van der Waals surface area contributed by atoms with Gasteiger partial charge in [-0.1, -0.05) is 0 Å². The number of benzene rings is 1. The van der Waals surface area contributed by atoms with Crippen molar-refractivity contribution < 1.29 is 14.0 Å². The zero-order valence-electron chi connectivity index (χ0n) is 12.8. The van der Waals surface area contributed by atoms with Gasteiger partial charge in [0.05, 0.1) is 18.5 Å². The van der Waals surface area contributed by atoms with E-state index in [0.29, 0.717) is 18.5 Å². The van der Waals surface area contributed by atoms with Gasteiger partial charge in [-0.3, -0.25) is 9.59 Å². The minimum Gasteiger partial charge on any atom is -0.467 e. The van der Waals surface area contributed by atoms with Crippen LogP contribution in [0.2, 0.25) is 0 Å². The molecule has 0 spiro atoms. The summed E-state index contributed by atoms with van der Waals surface area (Å²) in [7, 11) is 0. The Balaban J connectivity index is 1.61. The van der Waals surface area contributed by atoms with E-state index < -0.39 is 0 Å². The topological polar surface area (TPSA) is 62.6 Å². The number of carbonyl (C=O) groups excluding carboxylic acids is 2. The fourth-order valence-electron chi connectivity index (χ4n) is 3.47. The van der Waals surface area contributed by atoms with Crippen LogP contribution in [-0.4, -0.2) is 18.4 Å². The summed E-state index contributed by atoms with van der Waals surface area (Å²) in [6.07, 6.45) is 4.72. The highest BCUT2D eigenvalue weighted by molar-refractivity contribution is 6.00. The summed E-state index contributed by atoms with van der Waals surface area (Å²) in [4.78, 5) is 26.4. The second kappa shape index (κ2) is 5.57. The molecule has 23 heavy (non-hydrogen) atoms. The number of anilines is 1. The molecule has 1 N–H and O–H groups in total. The lowest BCUT2D eigenvalue weighted by atomic mass is 9.89. The van der Waals surface area contributed by atoms with Crippen LogP contribution in [0.1, 0.15) is 40.1 Å². The molecule has 2 aromatic rings. The first-order chi connectivity index (χ1) is 11.2. The maximum absolute atomic E-state index is 12.4. The summed E-state index contributed by atoms with van der Waals surface area (Å²) in [5.41, 5.74) is 3.95. The summed E-state index contributed by atoms with van der Waals surface area (Å²) in [5.74, 6) is 0.831. The smallest absolute Gasteiger partial charge is 0.251 e. The summed E-state index contributed by atoms with van der Waals surface area (Å²) < 4.78 is 5.23. The monoisotopic (exact) mass is 310 g/mol. The number of aryl methyl sites for hydroxylation is 2. The molecule has 5 heteroatoms. The molecule has 2 aliphatic rings. The van der Waals surface area contributed by atoms with E-state index in [9.17, 15) is 9.59 Å². The van der Waals surface area contributed by atoms with Gasteiger partial charge in [0, 0.05) is 18.5 Å². The first kappa shape index (κ1) is 14.1. The van der Waals surface area contributed by atoms with Crippen molar-refractivity contribution in [3.63, 3.8) is 0 Å². The van der Waals surface area contributed by atoms with Crippen molar-refractivity contribution in [3.8, 4) is 0 Å². The highest BCUT2D eigenvalue weighted by Crippen LogP contribution is 2.36. The number of hydrogen-bond acceptors (Lipinski definition) is 3. The Morgan fingerprint density at radius 3 is 2.83 bits per heavy atom. The maximum atomic E-state index is 12.4. The second-order valence-electron chi connectivity index (χ2n) is 6.05. The number of hydrogen-bond donors (Lipinski definition) is 1. The molecular formula is C18H18N2O3. The molecule has 3 heterocycles. The van der Waals surface area contributed by atoms with Crippen molar-refractivity contribution in [3.05, 3.63) is 53.0 Å². The number of nitrogens with zero attached hydrogens (tertiary/aromatic N) is 1. The van der Waals surface area contributed by atoms with Crippen molar-refractivity contribution in [1.82, 2.24) is 5.32 Å². The standard InChI is InChI=1S/C18H18N2O3/c21-16-6-5-13-10-14(9-12-3-1-7-20(16)17(12)13)18(22)19-11-15-4-2-8-23-15/h2,4,8-10H,1,3,5-7,11H2,(H,19,22). The van der Waals surface area contributed by atoms with Crippen molar-refractivity contribution in [2.75, 3.05) is 11.4 Å². The average Bonchev–Trinajstić information content (AvgIpc) is 3.09. The van der Waals surface area contributed by atoms with E-state index in [1.165, 1.54) is 0 Å². The molecule has 0 aliphatic carbocycles. The first-order valence-electron chi connectivity index (χ1n) is 7.99. The highest BCUT2D eigenvalue weighted by Gasteiger charge is 2.30. The zero-order chi connectivity index (χ0) is 15.8. The number of nitrogens with one attached hydrogen (secondary N) is 1. The van der Waals surface area contributed by atoms with Crippen LogP contribution < -0.4 is 10.2 Å². The Morgan fingerprint density at radius 1 is 1.22 bits per heavy atom. The third-order valence-corrected chi connectivity index (χ3v) is 4.54. The molecule has 0 unspecified atom stereocenters. The average molecular weight is 310 g/mol. The molecule has 0 fully saturated rings. The van der Waals surface area contributed by atoms with Gasteiger partial charge in [0.25, 0.3) is 5.91 Å². The van der Waals surface area contributed by atoms with Crippen LogP contribution in [0.15, 0.2) is 34.9 Å². The van der Waals surface area contributed by atoms with Crippen LogP contribution in [0.5, 0.6) is 0 Å². The van der Waals surface area contributed by atoms with Gasteiger partial charge in [-0.05, 0) is 54.7 Å². The van der Waals surface area contributed by atoms with Gasteiger partial charge in [-0.15, -0.1) is 0 Å². The molecule has 2 aliphatic heterocycles. The lowest BCUT2D eigenvalue weighted by Crippen LogP contribution is -2.39. The zero-order valence-corrected chi connectivity index (χ0v) is 12.8. The fraction of sp³-hybridized carbons (Fsp3) is 0.333. The van der Waals surface area contributed by atoms with Gasteiger partial charge in [0.15, 0.2) is 0 Å². The van der Waals surface area contributed by atoms with Gasteiger partial charge in [-0.2, -0.15) is 0 Å². The molecule has 4 rings (SSSR count). The summed E-state index contributed by atoms with van der Waals surface area (Å²) in [5, 5.41) is 2.88. The quantitative estimate of drug-likeness (QED) is 0.947. The highest BCUT2D eigenvalue weighted by atomic mass is 16.3. The van der Waals surface area contributed by atoms with Gasteiger partial charge < -0.3 is 14.6 Å². The van der Waals surface area contributed by atoms with Crippen LogP contribution >= 0.6 is 0 Å². The lowest BCUT2D eigenvalue weighted by molar-refractivity contribution is -0.119. The normalized spacial score (nSPS) is 16.2. The molecule has 0 bridgehead atoms. The van der Waals surface area contributed by atoms with Crippen molar-refractivity contribution in [2.45, 2.75) is 32.2 Å². The van der Waals surface area contributed by atoms with E-state index >= 15 is 0 Å². The molecule has 0 atom stereocenters. The predicted molar refractivity (Wildman–Crippen MR) is 85.3 cm³/mol. The Hall–Kier alpha value is -2.56. The summed E-state index contributed by atoms with van der Waals surface area (Å²) >= 11 is 0. The van der Waals surface area contributed by atoms with Gasteiger partial charge in [-0.25, -0.2) is 0 Å². The maximum Gasteiger partial charge on any atom is 0.251 e. The fourth-order valence-corrected chi connectivity index (χ4v) is 3.47. The van der Waals surface area contributed by atoms with Gasteiger partial charge >= 0.3 is 0 Å². The molecule has 2 amide bonds. The van der Waals surface area contributed by atoms with E-state index in [2.05, 4.69) is 5.32 Å². The SMILES string of the molecule is O=C(NCc1ccco1)c1cc2c3c(c1)CCC(=O)N3CCC2. The van der Waals surface area contributed by atoms with E-state index in [1.807, 2.05) is 23.1 Å². The van der Waals surface area contributed by atoms with Crippen LogP contribution in [0.3, 0.4) is 0 Å². The number of carbonyl (C=O) groups is 2. The van der Waals surface area contributed by atoms with Crippen LogP contribution in [0.4, 0.5) is 5.69 Å². The minimum absolute atomic E-state index is 0.102. The van der Waals surface area contributed by atoms with E-state index in [1.54, 1.807) is 12.3 Å². The summed E-state index contributed by atoms with van der Waals surface area (Å²) in [6.45, 7) is 1.17.